The van der Waals surface area contributed by atoms with Crippen LogP contribution in [0.25, 0.3) is 0 Å². The Morgan fingerprint density at radius 3 is 2.15 bits per heavy atom. The summed E-state index contributed by atoms with van der Waals surface area (Å²) in [5.74, 6) is 1.48. The molecular formula is C18H34N2. The molecule has 20 heavy (non-hydrogen) atoms. The summed E-state index contributed by atoms with van der Waals surface area (Å²) in [6, 6.07) is 1.37. The molecule has 1 heterocycles. The minimum absolute atomic E-state index is 0.244. The van der Waals surface area contributed by atoms with E-state index in [1.807, 2.05) is 0 Å². The smallest absolute Gasteiger partial charge is 0.0205 e. The summed E-state index contributed by atoms with van der Waals surface area (Å²) in [7, 11) is 4.43. The average Bonchev–Trinajstić information content (AvgIpc) is 2.75. The quantitative estimate of drug-likeness (QED) is 0.712. The molecule has 2 nitrogen and oxygen atoms in total. The third-order valence-corrected chi connectivity index (χ3v) is 4.97. The van der Waals surface area contributed by atoms with Crippen molar-refractivity contribution in [3.8, 4) is 0 Å². The van der Waals surface area contributed by atoms with Crippen molar-refractivity contribution in [2.45, 2.75) is 65.6 Å². The van der Waals surface area contributed by atoms with Gasteiger partial charge >= 0.3 is 0 Å². The Morgan fingerprint density at radius 1 is 1.10 bits per heavy atom. The molecule has 0 aromatic heterocycles. The fraction of sp³-hybridized carbons (Fsp3) is 0.889. The highest BCUT2D eigenvalue weighted by Crippen LogP contribution is 2.50. The third kappa shape index (κ3) is 2.82. The highest BCUT2D eigenvalue weighted by atomic mass is 15.3. The summed E-state index contributed by atoms with van der Waals surface area (Å²) in [5, 5.41) is 0. The second-order valence-corrected chi connectivity index (χ2v) is 9.12. The molecule has 1 saturated heterocycles. The van der Waals surface area contributed by atoms with Crippen LogP contribution >= 0.6 is 0 Å². The van der Waals surface area contributed by atoms with E-state index in [1.54, 1.807) is 0 Å². The van der Waals surface area contributed by atoms with Gasteiger partial charge in [0.15, 0.2) is 0 Å². The summed E-state index contributed by atoms with van der Waals surface area (Å²) < 4.78 is 0. The molecule has 1 aliphatic heterocycles. The fourth-order valence-electron chi connectivity index (χ4n) is 4.63. The average molecular weight is 278 g/mol. The zero-order chi connectivity index (χ0) is 15.3. The second kappa shape index (κ2) is 5.14. The fourth-order valence-corrected chi connectivity index (χ4v) is 4.63. The van der Waals surface area contributed by atoms with Crippen LogP contribution in [0.15, 0.2) is 12.2 Å². The van der Waals surface area contributed by atoms with Gasteiger partial charge in [0.2, 0.25) is 0 Å². The van der Waals surface area contributed by atoms with E-state index >= 15 is 0 Å². The summed E-state index contributed by atoms with van der Waals surface area (Å²) in [6.45, 7) is 15.6. The largest absolute Gasteiger partial charge is 0.309 e. The Bertz CT molecular complexity index is 370. The maximum atomic E-state index is 2.84. The van der Waals surface area contributed by atoms with Gasteiger partial charge in [-0.1, -0.05) is 32.9 Å². The molecule has 1 aliphatic carbocycles. The number of nitrogens with zero attached hydrogens (tertiary/aromatic N) is 2. The van der Waals surface area contributed by atoms with Crippen LogP contribution in [-0.2, 0) is 0 Å². The lowest BCUT2D eigenvalue weighted by Gasteiger charge is -2.47. The third-order valence-electron chi connectivity index (χ3n) is 4.97. The van der Waals surface area contributed by atoms with Crippen molar-refractivity contribution < 1.29 is 0 Å². The van der Waals surface area contributed by atoms with E-state index in [0.29, 0.717) is 17.5 Å². The number of hydrogen-bond acceptors (Lipinski definition) is 2. The van der Waals surface area contributed by atoms with Crippen LogP contribution in [0.3, 0.4) is 0 Å². The van der Waals surface area contributed by atoms with Crippen molar-refractivity contribution in [2.75, 3.05) is 20.6 Å². The number of likely N-dealkylation sites (tertiary alicyclic amines) is 1. The van der Waals surface area contributed by atoms with Gasteiger partial charge in [-0.3, -0.25) is 4.90 Å². The summed E-state index contributed by atoms with van der Waals surface area (Å²) in [4.78, 5) is 5.21. The molecular weight excluding hydrogens is 244 g/mol. The van der Waals surface area contributed by atoms with Crippen molar-refractivity contribution in [3.05, 3.63) is 12.2 Å². The Morgan fingerprint density at radius 2 is 1.70 bits per heavy atom. The zero-order valence-corrected chi connectivity index (χ0v) is 14.8. The van der Waals surface area contributed by atoms with E-state index < -0.39 is 0 Å². The van der Waals surface area contributed by atoms with Crippen LogP contribution in [0.5, 0.6) is 0 Å². The van der Waals surface area contributed by atoms with Gasteiger partial charge < -0.3 is 4.90 Å². The van der Waals surface area contributed by atoms with Gasteiger partial charge in [-0.15, -0.1) is 0 Å². The lowest BCUT2D eigenvalue weighted by molar-refractivity contribution is 0.0102. The minimum Gasteiger partial charge on any atom is -0.309 e. The molecule has 0 radical (unpaired) electrons. The Balaban J connectivity index is 2.41. The Hall–Kier alpha value is -0.340. The molecule has 0 aromatic carbocycles. The van der Waals surface area contributed by atoms with Crippen LogP contribution in [0.2, 0.25) is 0 Å². The predicted molar refractivity (Wildman–Crippen MR) is 87.9 cm³/mol. The topological polar surface area (TPSA) is 6.48 Å². The Labute approximate surface area is 126 Å². The highest BCUT2D eigenvalue weighted by Gasteiger charge is 2.55. The van der Waals surface area contributed by atoms with Gasteiger partial charge in [-0.25, -0.2) is 0 Å². The van der Waals surface area contributed by atoms with Gasteiger partial charge in [-0.2, -0.15) is 0 Å². The lowest BCUT2D eigenvalue weighted by Crippen LogP contribution is -2.55. The van der Waals surface area contributed by atoms with Crippen LogP contribution < -0.4 is 0 Å². The number of hydrogen-bond donors (Lipinski definition) is 0. The summed E-state index contributed by atoms with van der Waals surface area (Å²) in [5.41, 5.74) is 0.570. The van der Waals surface area contributed by atoms with Crippen molar-refractivity contribution in [3.63, 3.8) is 0 Å². The molecule has 2 aliphatic rings. The molecule has 0 amide bonds. The van der Waals surface area contributed by atoms with E-state index in [1.165, 1.54) is 13.0 Å². The van der Waals surface area contributed by atoms with Crippen molar-refractivity contribution in [1.82, 2.24) is 9.80 Å². The standard InChI is InChI=1S/C18H34N2/c1-17(2,3)16-14(12-19(7)8)13-10-9-11-15(13)20(16)18(4,5)6/h9-10,13-16H,11-12H2,1-8H3/t13?,14?,15?,16-/m0/s1. The van der Waals surface area contributed by atoms with E-state index in [9.17, 15) is 0 Å². The van der Waals surface area contributed by atoms with Crippen LogP contribution in [-0.4, -0.2) is 48.1 Å². The second-order valence-electron chi connectivity index (χ2n) is 9.12. The highest BCUT2D eigenvalue weighted by molar-refractivity contribution is 5.18. The Kier molecular flexibility index (Phi) is 4.12. The zero-order valence-electron chi connectivity index (χ0n) is 14.8. The van der Waals surface area contributed by atoms with Crippen molar-refractivity contribution >= 4 is 0 Å². The number of fused-ring (bicyclic) bond motifs is 1. The molecule has 0 bridgehead atoms. The normalized spacial score (nSPS) is 35.0. The molecule has 1 fully saturated rings. The maximum Gasteiger partial charge on any atom is 0.0205 e. The molecule has 0 aromatic rings. The minimum atomic E-state index is 0.244. The first-order valence-corrected chi connectivity index (χ1v) is 8.13. The van der Waals surface area contributed by atoms with Crippen LogP contribution in [0.4, 0.5) is 0 Å². The molecule has 3 unspecified atom stereocenters. The van der Waals surface area contributed by atoms with E-state index in [2.05, 4.69) is 77.6 Å². The summed E-state index contributed by atoms with van der Waals surface area (Å²) >= 11 is 0. The lowest BCUT2D eigenvalue weighted by atomic mass is 9.75. The van der Waals surface area contributed by atoms with E-state index in [4.69, 9.17) is 0 Å². The van der Waals surface area contributed by atoms with E-state index in [0.717, 1.165) is 11.8 Å². The van der Waals surface area contributed by atoms with Gasteiger partial charge in [0, 0.05) is 24.2 Å². The van der Waals surface area contributed by atoms with Gasteiger partial charge in [0.05, 0.1) is 0 Å². The van der Waals surface area contributed by atoms with Crippen molar-refractivity contribution in [2.24, 2.45) is 17.3 Å². The van der Waals surface area contributed by atoms with E-state index in [-0.39, 0.29) is 5.54 Å². The molecule has 0 spiro atoms. The summed E-state index contributed by atoms with van der Waals surface area (Å²) in [6.07, 6.45) is 6.15. The van der Waals surface area contributed by atoms with Gasteiger partial charge in [0.1, 0.15) is 0 Å². The molecule has 116 valence electrons. The molecule has 0 saturated carbocycles. The first-order chi connectivity index (χ1) is 9.03. The van der Waals surface area contributed by atoms with Crippen LogP contribution in [0.1, 0.15) is 48.0 Å². The number of rotatable bonds is 2. The molecule has 4 atom stereocenters. The first-order valence-electron chi connectivity index (χ1n) is 8.13. The maximum absolute atomic E-state index is 2.84. The van der Waals surface area contributed by atoms with Gasteiger partial charge in [-0.05, 0) is 58.5 Å². The molecule has 0 N–H and O–H groups in total. The first kappa shape index (κ1) is 16.0. The molecule has 2 rings (SSSR count). The van der Waals surface area contributed by atoms with Gasteiger partial charge in [0.25, 0.3) is 0 Å². The van der Waals surface area contributed by atoms with Crippen LogP contribution in [0, 0.1) is 17.3 Å². The monoisotopic (exact) mass is 278 g/mol. The molecule has 2 heteroatoms. The van der Waals surface area contributed by atoms with Crippen molar-refractivity contribution in [1.29, 1.82) is 0 Å². The predicted octanol–water partition coefficient (Wildman–Crippen LogP) is 3.64. The SMILES string of the molecule is CN(C)CC1C2C=CCC2N(C(C)(C)C)[C@@H]1C(C)(C)C.